The maximum absolute atomic E-state index is 10.9. The predicted octanol–water partition coefficient (Wildman–Crippen LogP) is 3.49. The van der Waals surface area contributed by atoms with Gasteiger partial charge in [-0.15, -0.1) is 0 Å². The summed E-state index contributed by atoms with van der Waals surface area (Å²) in [7, 11) is 0. The number of hydrogen-bond donors (Lipinski definition) is 1. The fourth-order valence-corrected chi connectivity index (χ4v) is 2.66. The number of pyridine rings is 1. The molecular formula is C12H7ClN2O4S. The van der Waals surface area contributed by atoms with E-state index in [0.29, 0.717) is 4.90 Å². The van der Waals surface area contributed by atoms with E-state index < -0.39 is 10.9 Å². The summed E-state index contributed by atoms with van der Waals surface area (Å²) in [5.41, 5.74) is -0.0952. The van der Waals surface area contributed by atoms with Crippen molar-refractivity contribution in [2.75, 3.05) is 0 Å². The van der Waals surface area contributed by atoms with Gasteiger partial charge < -0.3 is 5.11 Å². The molecule has 6 nitrogen and oxygen atoms in total. The summed E-state index contributed by atoms with van der Waals surface area (Å²) in [6.45, 7) is 0. The molecule has 0 saturated heterocycles. The standard InChI is InChI=1S/C12H7ClN2O4S/c13-10-5-7(12(16)17)6-11(14-10)20-9-4-2-1-3-8(9)15(18)19/h1-6H,(H,16,17). The van der Waals surface area contributed by atoms with Crippen molar-refractivity contribution in [3.63, 3.8) is 0 Å². The molecule has 0 radical (unpaired) electrons. The number of benzene rings is 1. The fraction of sp³-hybridized carbons (Fsp3) is 0. The number of hydrogen-bond acceptors (Lipinski definition) is 5. The molecule has 1 heterocycles. The van der Waals surface area contributed by atoms with Gasteiger partial charge in [0, 0.05) is 6.07 Å². The normalized spacial score (nSPS) is 10.2. The average molecular weight is 311 g/mol. The van der Waals surface area contributed by atoms with Gasteiger partial charge in [-0.25, -0.2) is 9.78 Å². The van der Waals surface area contributed by atoms with E-state index in [9.17, 15) is 14.9 Å². The second kappa shape index (κ2) is 5.89. The SMILES string of the molecule is O=C(O)c1cc(Cl)nc(Sc2ccccc2[N+](=O)[O-])c1. The lowest BCUT2D eigenvalue weighted by Crippen LogP contribution is -1.98. The number of nitro groups is 1. The van der Waals surface area contributed by atoms with Crippen LogP contribution >= 0.6 is 23.4 Å². The van der Waals surface area contributed by atoms with Crippen LogP contribution in [0.4, 0.5) is 5.69 Å². The van der Waals surface area contributed by atoms with Gasteiger partial charge in [-0.2, -0.15) is 0 Å². The molecule has 0 fully saturated rings. The molecule has 102 valence electrons. The molecule has 0 bridgehead atoms. The van der Waals surface area contributed by atoms with Crippen LogP contribution in [0, 0.1) is 10.1 Å². The lowest BCUT2D eigenvalue weighted by molar-refractivity contribution is -0.387. The Hall–Kier alpha value is -2.12. The number of carboxylic acids is 1. The summed E-state index contributed by atoms with van der Waals surface area (Å²) in [4.78, 5) is 25.6. The van der Waals surface area contributed by atoms with Crippen LogP contribution in [0.25, 0.3) is 0 Å². The van der Waals surface area contributed by atoms with Crippen LogP contribution in [-0.2, 0) is 0 Å². The van der Waals surface area contributed by atoms with Gasteiger partial charge in [0.2, 0.25) is 0 Å². The van der Waals surface area contributed by atoms with Crippen LogP contribution in [0.5, 0.6) is 0 Å². The zero-order valence-electron chi connectivity index (χ0n) is 9.82. The molecular weight excluding hydrogens is 304 g/mol. The number of aromatic carboxylic acids is 1. The monoisotopic (exact) mass is 310 g/mol. The number of nitro benzene ring substituents is 1. The third-order valence-electron chi connectivity index (χ3n) is 2.29. The van der Waals surface area contributed by atoms with Gasteiger partial charge >= 0.3 is 5.97 Å². The summed E-state index contributed by atoms with van der Waals surface area (Å²) in [6, 6.07) is 8.66. The first-order chi connectivity index (χ1) is 9.47. The summed E-state index contributed by atoms with van der Waals surface area (Å²) in [5, 5.41) is 20.1. The molecule has 8 heteroatoms. The Morgan fingerprint density at radius 2 is 2.05 bits per heavy atom. The van der Waals surface area contributed by atoms with Crippen molar-refractivity contribution in [2.45, 2.75) is 9.92 Å². The molecule has 0 aliphatic rings. The first kappa shape index (κ1) is 14.3. The van der Waals surface area contributed by atoms with Crippen LogP contribution in [0.2, 0.25) is 5.15 Å². The Morgan fingerprint density at radius 1 is 1.35 bits per heavy atom. The second-order valence-corrected chi connectivity index (χ2v) is 5.10. The Morgan fingerprint density at radius 3 is 2.70 bits per heavy atom. The van der Waals surface area contributed by atoms with Crippen molar-refractivity contribution in [3.05, 3.63) is 57.2 Å². The first-order valence-corrected chi connectivity index (χ1v) is 6.49. The molecule has 0 spiro atoms. The number of carbonyl (C=O) groups is 1. The minimum Gasteiger partial charge on any atom is -0.478 e. The van der Waals surface area contributed by atoms with Crippen molar-refractivity contribution in [1.82, 2.24) is 4.98 Å². The van der Waals surface area contributed by atoms with Crippen LogP contribution < -0.4 is 0 Å². The van der Waals surface area contributed by atoms with Crippen LogP contribution in [0.3, 0.4) is 0 Å². The number of para-hydroxylation sites is 1. The third-order valence-corrected chi connectivity index (χ3v) is 3.47. The van der Waals surface area contributed by atoms with Gasteiger partial charge in [0.1, 0.15) is 10.2 Å². The fourth-order valence-electron chi connectivity index (χ4n) is 1.46. The highest BCUT2D eigenvalue weighted by molar-refractivity contribution is 7.99. The Labute approximate surface area is 122 Å². The first-order valence-electron chi connectivity index (χ1n) is 5.29. The molecule has 0 unspecified atom stereocenters. The minimum absolute atomic E-state index is 0.0194. The van der Waals surface area contributed by atoms with E-state index in [1.54, 1.807) is 18.2 Å². The Balaban J connectivity index is 2.40. The molecule has 0 aliphatic carbocycles. The van der Waals surface area contributed by atoms with Crippen molar-refractivity contribution >= 4 is 35.0 Å². The molecule has 1 aromatic heterocycles. The van der Waals surface area contributed by atoms with E-state index in [4.69, 9.17) is 16.7 Å². The highest BCUT2D eigenvalue weighted by Gasteiger charge is 2.15. The molecule has 0 atom stereocenters. The van der Waals surface area contributed by atoms with E-state index in [1.165, 1.54) is 18.2 Å². The summed E-state index contributed by atoms with van der Waals surface area (Å²) in [6.07, 6.45) is 0. The molecule has 1 N–H and O–H groups in total. The average Bonchev–Trinajstić information content (AvgIpc) is 2.38. The van der Waals surface area contributed by atoms with Crippen molar-refractivity contribution in [2.24, 2.45) is 0 Å². The highest BCUT2D eigenvalue weighted by atomic mass is 35.5. The van der Waals surface area contributed by atoms with Gasteiger partial charge in [-0.3, -0.25) is 10.1 Å². The zero-order chi connectivity index (χ0) is 14.7. The lowest BCUT2D eigenvalue weighted by Gasteiger charge is -2.04. The molecule has 2 aromatic rings. The minimum atomic E-state index is -1.14. The van der Waals surface area contributed by atoms with Gasteiger partial charge in [0.05, 0.1) is 15.4 Å². The summed E-state index contributed by atoms with van der Waals surface area (Å²) >= 11 is 6.73. The zero-order valence-corrected chi connectivity index (χ0v) is 11.4. The Bertz CT molecular complexity index is 693. The molecule has 2 rings (SSSR count). The van der Waals surface area contributed by atoms with Crippen molar-refractivity contribution in [1.29, 1.82) is 0 Å². The van der Waals surface area contributed by atoms with E-state index >= 15 is 0 Å². The van der Waals surface area contributed by atoms with E-state index in [1.807, 2.05) is 0 Å². The second-order valence-electron chi connectivity index (χ2n) is 3.65. The van der Waals surface area contributed by atoms with Crippen molar-refractivity contribution in [3.8, 4) is 0 Å². The van der Waals surface area contributed by atoms with Crippen LogP contribution in [-0.4, -0.2) is 21.0 Å². The number of halogens is 1. The molecule has 0 aliphatic heterocycles. The third kappa shape index (κ3) is 3.25. The Kier molecular flexibility index (Phi) is 4.21. The van der Waals surface area contributed by atoms with E-state index in [0.717, 1.165) is 11.8 Å². The molecule has 0 amide bonds. The topological polar surface area (TPSA) is 93.3 Å². The quantitative estimate of drug-likeness (QED) is 0.528. The van der Waals surface area contributed by atoms with Gasteiger partial charge in [-0.05, 0) is 18.2 Å². The van der Waals surface area contributed by atoms with E-state index in [-0.39, 0.29) is 21.4 Å². The highest BCUT2D eigenvalue weighted by Crippen LogP contribution is 2.34. The maximum atomic E-state index is 10.9. The summed E-state index contributed by atoms with van der Waals surface area (Å²) in [5.74, 6) is -1.14. The number of rotatable bonds is 4. The summed E-state index contributed by atoms with van der Waals surface area (Å²) < 4.78 is 0. The van der Waals surface area contributed by atoms with Crippen LogP contribution in [0.15, 0.2) is 46.3 Å². The van der Waals surface area contributed by atoms with E-state index in [2.05, 4.69) is 4.98 Å². The smallest absolute Gasteiger partial charge is 0.335 e. The molecule has 1 aromatic carbocycles. The molecule has 0 saturated carbocycles. The van der Waals surface area contributed by atoms with Gasteiger partial charge in [0.15, 0.2) is 0 Å². The number of nitrogens with zero attached hydrogens (tertiary/aromatic N) is 2. The van der Waals surface area contributed by atoms with Gasteiger partial charge in [0.25, 0.3) is 5.69 Å². The van der Waals surface area contributed by atoms with Crippen molar-refractivity contribution < 1.29 is 14.8 Å². The predicted molar refractivity (Wildman–Crippen MR) is 73.4 cm³/mol. The largest absolute Gasteiger partial charge is 0.478 e. The lowest BCUT2D eigenvalue weighted by atomic mass is 10.3. The maximum Gasteiger partial charge on any atom is 0.335 e. The number of carboxylic acid groups (broad SMARTS) is 1. The van der Waals surface area contributed by atoms with Crippen LogP contribution in [0.1, 0.15) is 10.4 Å². The van der Waals surface area contributed by atoms with Gasteiger partial charge in [-0.1, -0.05) is 35.5 Å². The molecule has 20 heavy (non-hydrogen) atoms. The number of aromatic nitrogens is 1.